The van der Waals surface area contributed by atoms with Gasteiger partial charge in [-0.3, -0.25) is 4.90 Å². The van der Waals surface area contributed by atoms with Crippen LogP contribution < -0.4 is 4.90 Å². The first-order valence-corrected chi connectivity index (χ1v) is 8.53. The number of hydrogen-bond acceptors (Lipinski definition) is 5. The molecule has 1 aromatic rings. The third kappa shape index (κ3) is 2.47. The number of aliphatic hydroxyl groups is 1. The summed E-state index contributed by atoms with van der Waals surface area (Å²) >= 11 is 1.68. The molecular weight excluding hydrogens is 270 g/mol. The molecule has 20 heavy (non-hydrogen) atoms. The Balaban J connectivity index is 1.84. The van der Waals surface area contributed by atoms with Crippen LogP contribution in [-0.2, 0) is 6.61 Å². The first-order valence-electron chi connectivity index (χ1n) is 7.71. The van der Waals surface area contributed by atoms with Crippen LogP contribution in [-0.4, -0.2) is 46.7 Å². The minimum atomic E-state index is 0.114. The summed E-state index contributed by atoms with van der Waals surface area (Å²) in [5.74, 6) is 0.380. The lowest BCUT2D eigenvalue weighted by Gasteiger charge is -2.42. The Morgan fingerprint density at radius 2 is 2.20 bits per heavy atom. The molecule has 0 saturated carbocycles. The monoisotopic (exact) mass is 295 g/mol. The van der Waals surface area contributed by atoms with Gasteiger partial charge in [0.25, 0.3) is 0 Å². The highest BCUT2D eigenvalue weighted by Gasteiger charge is 2.35. The number of aromatic nitrogens is 1. The van der Waals surface area contributed by atoms with Gasteiger partial charge in [0.2, 0.25) is 0 Å². The lowest BCUT2D eigenvalue weighted by atomic mass is 10.1. The molecule has 2 aliphatic heterocycles. The van der Waals surface area contributed by atoms with Crippen molar-refractivity contribution in [3.8, 4) is 0 Å². The van der Waals surface area contributed by atoms with Crippen LogP contribution in [0.4, 0.5) is 5.13 Å². The molecule has 2 aliphatic rings. The van der Waals surface area contributed by atoms with Gasteiger partial charge in [-0.05, 0) is 32.2 Å². The summed E-state index contributed by atoms with van der Waals surface area (Å²) in [5.41, 5.74) is 1.08. The largest absolute Gasteiger partial charge is 0.391 e. The first kappa shape index (κ1) is 14.3. The van der Waals surface area contributed by atoms with Crippen LogP contribution in [0.2, 0.25) is 0 Å². The van der Waals surface area contributed by atoms with Crippen molar-refractivity contribution in [2.75, 3.05) is 24.5 Å². The van der Waals surface area contributed by atoms with E-state index < -0.39 is 0 Å². The van der Waals surface area contributed by atoms with Crippen LogP contribution in [0.3, 0.4) is 0 Å². The number of nitrogens with zero attached hydrogens (tertiary/aromatic N) is 3. The van der Waals surface area contributed by atoms with Gasteiger partial charge in [-0.15, -0.1) is 0 Å². The Morgan fingerprint density at radius 3 is 2.85 bits per heavy atom. The molecule has 1 N–H and O–H groups in total. The van der Waals surface area contributed by atoms with Gasteiger partial charge in [-0.1, -0.05) is 25.2 Å². The molecule has 112 valence electrons. The topological polar surface area (TPSA) is 39.6 Å². The van der Waals surface area contributed by atoms with Gasteiger partial charge in [0.15, 0.2) is 5.13 Å². The average molecular weight is 295 g/mol. The van der Waals surface area contributed by atoms with E-state index in [2.05, 4.69) is 30.6 Å². The van der Waals surface area contributed by atoms with Gasteiger partial charge in [0.05, 0.1) is 17.2 Å². The van der Waals surface area contributed by atoms with Crippen LogP contribution in [0.15, 0.2) is 0 Å². The summed E-state index contributed by atoms with van der Waals surface area (Å²) < 4.78 is 0. The molecule has 0 spiro atoms. The molecule has 0 aliphatic carbocycles. The Hall–Kier alpha value is -0.650. The molecule has 0 amide bonds. The zero-order valence-corrected chi connectivity index (χ0v) is 13.5. The maximum Gasteiger partial charge on any atom is 0.186 e. The number of thiazole rings is 1. The van der Waals surface area contributed by atoms with Gasteiger partial charge in [0, 0.05) is 25.2 Å². The molecule has 2 atom stereocenters. The van der Waals surface area contributed by atoms with E-state index in [1.54, 1.807) is 11.3 Å². The van der Waals surface area contributed by atoms with Gasteiger partial charge in [-0.25, -0.2) is 4.98 Å². The van der Waals surface area contributed by atoms with Crippen molar-refractivity contribution in [1.29, 1.82) is 0 Å². The van der Waals surface area contributed by atoms with E-state index in [1.807, 2.05) is 0 Å². The molecule has 5 heteroatoms. The summed E-state index contributed by atoms with van der Waals surface area (Å²) in [6.07, 6.45) is 2.65. The summed E-state index contributed by atoms with van der Waals surface area (Å²) in [6.45, 7) is 10.2. The molecule has 0 radical (unpaired) electrons. The third-order valence-corrected chi connectivity index (χ3v) is 5.68. The zero-order chi connectivity index (χ0) is 14.3. The van der Waals surface area contributed by atoms with E-state index in [1.165, 1.54) is 19.4 Å². The highest BCUT2D eigenvalue weighted by atomic mass is 32.1. The predicted octanol–water partition coefficient (Wildman–Crippen LogP) is 2.43. The van der Waals surface area contributed by atoms with Crippen molar-refractivity contribution < 1.29 is 5.11 Å². The van der Waals surface area contributed by atoms with Crippen molar-refractivity contribution in [2.24, 2.45) is 0 Å². The van der Waals surface area contributed by atoms with Crippen molar-refractivity contribution in [2.45, 2.75) is 58.2 Å². The fourth-order valence-electron chi connectivity index (χ4n) is 3.49. The van der Waals surface area contributed by atoms with Gasteiger partial charge < -0.3 is 10.0 Å². The predicted molar refractivity (Wildman–Crippen MR) is 83.5 cm³/mol. The molecule has 2 unspecified atom stereocenters. The normalized spacial score (nSPS) is 27.4. The Labute approximate surface area is 125 Å². The summed E-state index contributed by atoms with van der Waals surface area (Å²) in [4.78, 5) is 11.0. The van der Waals surface area contributed by atoms with Crippen LogP contribution >= 0.6 is 11.3 Å². The maximum atomic E-state index is 9.54. The van der Waals surface area contributed by atoms with E-state index in [0.717, 1.165) is 28.8 Å². The Morgan fingerprint density at radius 1 is 1.40 bits per heavy atom. The van der Waals surface area contributed by atoms with Gasteiger partial charge >= 0.3 is 0 Å². The Bertz CT molecular complexity index is 474. The van der Waals surface area contributed by atoms with Crippen LogP contribution in [0.25, 0.3) is 0 Å². The quantitative estimate of drug-likeness (QED) is 0.930. The lowest BCUT2D eigenvalue weighted by Crippen LogP contribution is -2.55. The molecule has 3 heterocycles. The number of aliphatic hydroxyl groups excluding tert-OH is 1. The van der Waals surface area contributed by atoms with Crippen LogP contribution in [0.5, 0.6) is 0 Å². The van der Waals surface area contributed by atoms with E-state index in [4.69, 9.17) is 4.98 Å². The first-order chi connectivity index (χ1) is 9.60. The number of rotatable bonds is 3. The van der Waals surface area contributed by atoms with E-state index >= 15 is 0 Å². The molecule has 0 bridgehead atoms. The van der Waals surface area contributed by atoms with Gasteiger partial charge in [-0.2, -0.15) is 0 Å². The molecule has 2 saturated heterocycles. The zero-order valence-electron chi connectivity index (χ0n) is 12.7. The highest BCUT2D eigenvalue weighted by molar-refractivity contribution is 7.15. The maximum absolute atomic E-state index is 9.54. The lowest BCUT2D eigenvalue weighted by molar-refractivity contribution is 0.203. The average Bonchev–Trinajstić information content (AvgIpc) is 3.02. The van der Waals surface area contributed by atoms with E-state index in [-0.39, 0.29) is 6.61 Å². The van der Waals surface area contributed by atoms with E-state index in [0.29, 0.717) is 18.0 Å². The second kappa shape index (κ2) is 5.62. The molecular formula is C15H25N3OS. The summed E-state index contributed by atoms with van der Waals surface area (Å²) in [7, 11) is 0. The number of hydrogen-bond donors (Lipinski definition) is 1. The standard InChI is InChI=1S/C15H25N3OS/c1-10(2)14-13(9-19)20-15(16-14)18-8-12-5-4-6-17(12)7-11(18)3/h10-12,19H,4-9H2,1-3H3. The third-order valence-electron chi connectivity index (χ3n) is 4.59. The molecule has 0 aromatic carbocycles. The second-order valence-electron chi connectivity index (χ2n) is 6.41. The van der Waals surface area contributed by atoms with Gasteiger partial charge in [0.1, 0.15) is 0 Å². The smallest absolute Gasteiger partial charge is 0.186 e. The second-order valence-corrected chi connectivity index (χ2v) is 7.47. The van der Waals surface area contributed by atoms with Crippen molar-refractivity contribution in [1.82, 2.24) is 9.88 Å². The number of piperazine rings is 1. The molecule has 2 fully saturated rings. The number of fused-ring (bicyclic) bond motifs is 1. The van der Waals surface area contributed by atoms with Crippen LogP contribution in [0.1, 0.15) is 50.1 Å². The summed E-state index contributed by atoms with van der Waals surface area (Å²) in [6, 6.07) is 1.22. The van der Waals surface area contributed by atoms with Crippen molar-refractivity contribution in [3.05, 3.63) is 10.6 Å². The molecule has 4 nitrogen and oxygen atoms in total. The SMILES string of the molecule is CC(C)c1nc(N2CC3CCCN3CC2C)sc1CO. The van der Waals surface area contributed by atoms with Crippen LogP contribution in [0, 0.1) is 0 Å². The highest BCUT2D eigenvalue weighted by Crippen LogP contribution is 2.35. The minimum absolute atomic E-state index is 0.114. The molecule has 1 aromatic heterocycles. The van der Waals surface area contributed by atoms with Crippen molar-refractivity contribution >= 4 is 16.5 Å². The summed E-state index contributed by atoms with van der Waals surface area (Å²) in [5, 5.41) is 10.6. The minimum Gasteiger partial charge on any atom is -0.391 e. The van der Waals surface area contributed by atoms with E-state index in [9.17, 15) is 5.11 Å². The fourth-order valence-corrected chi connectivity index (χ4v) is 4.68. The molecule has 3 rings (SSSR count). The van der Waals surface area contributed by atoms with Crippen molar-refractivity contribution in [3.63, 3.8) is 0 Å². The fraction of sp³-hybridized carbons (Fsp3) is 0.800. The number of anilines is 1. The Kier molecular flexibility index (Phi) is 4.02.